The van der Waals surface area contributed by atoms with Crippen molar-refractivity contribution < 1.29 is 14.1 Å². The molecule has 0 spiro atoms. The van der Waals surface area contributed by atoms with Crippen LogP contribution in [0, 0.1) is 5.92 Å². The highest BCUT2D eigenvalue weighted by Crippen LogP contribution is 2.26. The van der Waals surface area contributed by atoms with E-state index >= 15 is 0 Å². The van der Waals surface area contributed by atoms with Crippen LogP contribution in [0.5, 0.6) is 0 Å². The lowest BCUT2D eigenvalue weighted by Crippen LogP contribution is -2.50. The predicted molar refractivity (Wildman–Crippen MR) is 96.6 cm³/mol. The number of nitrogens with one attached hydrogen (secondary N) is 1. The molecule has 9 heteroatoms. The number of hydrogen-bond donors (Lipinski definition) is 2. The van der Waals surface area contributed by atoms with Gasteiger partial charge < -0.3 is 15.6 Å². The predicted octanol–water partition coefficient (Wildman–Crippen LogP) is 0.124. The summed E-state index contributed by atoms with van der Waals surface area (Å²) >= 11 is 0. The molecule has 2 saturated heterocycles. The first-order valence-electron chi connectivity index (χ1n) is 9.97. The molecule has 2 aliphatic heterocycles. The molecule has 1 aliphatic carbocycles. The summed E-state index contributed by atoms with van der Waals surface area (Å²) < 4.78 is 5.09. The van der Waals surface area contributed by atoms with Gasteiger partial charge in [-0.05, 0) is 45.1 Å². The third-order valence-electron chi connectivity index (χ3n) is 5.87. The Kier molecular flexibility index (Phi) is 5.40. The van der Waals surface area contributed by atoms with Gasteiger partial charge in [-0.15, -0.1) is 0 Å². The molecule has 3 heterocycles. The van der Waals surface area contributed by atoms with Gasteiger partial charge in [0.15, 0.2) is 0 Å². The van der Waals surface area contributed by atoms with Crippen LogP contribution >= 0.6 is 0 Å². The van der Waals surface area contributed by atoms with Crippen LogP contribution in [0.2, 0.25) is 0 Å². The number of rotatable bonds is 6. The highest BCUT2D eigenvalue weighted by Gasteiger charge is 2.34. The zero-order valence-corrected chi connectivity index (χ0v) is 15.6. The monoisotopic (exact) mass is 376 g/mol. The zero-order valence-electron chi connectivity index (χ0n) is 15.6. The van der Waals surface area contributed by atoms with Gasteiger partial charge in [-0.2, -0.15) is 4.98 Å². The summed E-state index contributed by atoms with van der Waals surface area (Å²) in [5.41, 5.74) is 5.15. The van der Waals surface area contributed by atoms with Crippen molar-refractivity contribution in [2.24, 2.45) is 11.7 Å². The summed E-state index contributed by atoms with van der Waals surface area (Å²) in [6.45, 7) is 4.39. The highest BCUT2D eigenvalue weighted by molar-refractivity contribution is 5.88. The number of carbonyl (C=O) groups excluding carboxylic acids is 2. The number of nitrogens with zero attached hydrogens (tertiary/aromatic N) is 4. The molecule has 1 saturated carbocycles. The average Bonchev–Trinajstić information content (AvgIpc) is 3.37. The van der Waals surface area contributed by atoms with Crippen molar-refractivity contribution in [1.82, 2.24) is 25.3 Å². The molecule has 0 radical (unpaired) electrons. The number of amides is 2. The van der Waals surface area contributed by atoms with Crippen LogP contribution in [0.3, 0.4) is 0 Å². The lowest BCUT2D eigenvalue weighted by Gasteiger charge is -2.41. The van der Waals surface area contributed by atoms with Gasteiger partial charge in [-0.1, -0.05) is 5.16 Å². The standard InChI is InChI=1S/C18H28N6O3/c19-16(25)17-21-15(27-22-17)11-23-8-5-14(6-9-23)24-7-1-2-12(10-24)18(26)20-13-3-4-13/h12-14H,1-11H2,(H2,19,25)(H,20,26)/t12-/m0/s1. The van der Waals surface area contributed by atoms with E-state index < -0.39 is 5.91 Å². The summed E-state index contributed by atoms with van der Waals surface area (Å²) in [4.78, 5) is 32.2. The van der Waals surface area contributed by atoms with Gasteiger partial charge in [-0.3, -0.25) is 19.4 Å². The minimum absolute atomic E-state index is 0.0660. The van der Waals surface area contributed by atoms with Gasteiger partial charge in [0.2, 0.25) is 11.8 Å². The topological polar surface area (TPSA) is 118 Å². The van der Waals surface area contributed by atoms with E-state index in [-0.39, 0.29) is 17.6 Å². The fourth-order valence-corrected chi connectivity index (χ4v) is 4.15. The SMILES string of the molecule is NC(=O)c1noc(CN2CCC(N3CCC[C@H](C(=O)NC4CC4)C3)CC2)n1. The average molecular weight is 376 g/mol. The maximum absolute atomic E-state index is 12.4. The molecule has 3 aliphatic rings. The number of aromatic nitrogens is 2. The van der Waals surface area contributed by atoms with Crippen molar-refractivity contribution in [1.29, 1.82) is 0 Å². The number of likely N-dealkylation sites (tertiary alicyclic amines) is 2. The third-order valence-corrected chi connectivity index (χ3v) is 5.87. The Bertz CT molecular complexity index is 680. The second kappa shape index (κ2) is 7.93. The first kappa shape index (κ1) is 18.4. The van der Waals surface area contributed by atoms with Gasteiger partial charge in [0.05, 0.1) is 12.5 Å². The Balaban J connectivity index is 1.24. The molecule has 0 bridgehead atoms. The molecule has 3 N–H and O–H groups in total. The molecule has 3 fully saturated rings. The quantitative estimate of drug-likeness (QED) is 0.724. The summed E-state index contributed by atoms with van der Waals surface area (Å²) in [5.74, 6) is 0.0825. The number of carbonyl (C=O) groups is 2. The van der Waals surface area contributed by atoms with Crippen molar-refractivity contribution in [3.8, 4) is 0 Å². The molecule has 1 aromatic heterocycles. The largest absolute Gasteiger partial charge is 0.363 e. The fraction of sp³-hybridized carbons (Fsp3) is 0.778. The highest BCUT2D eigenvalue weighted by atomic mass is 16.5. The fourth-order valence-electron chi connectivity index (χ4n) is 4.15. The summed E-state index contributed by atoms with van der Waals surface area (Å²) in [7, 11) is 0. The number of primary amides is 1. The van der Waals surface area contributed by atoms with Crippen LogP contribution in [0.25, 0.3) is 0 Å². The van der Waals surface area contributed by atoms with Crippen LogP contribution in [-0.4, -0.2) is 70.0 Å². The first-order chi connectivity index (χ1) is 13.1. The lowest BCUT2D eigenvalue weighted by atomic mass is 9.93. The van der Waals surface area contributed by atoms with Crippen molar-refractivity contribution in [3.63, 3.8) is 0 Å². The molecule has 148 valence electrons. The molecule has 4 rings (SSSR count). The summed E-state index contributed by atoms with van der Waals surface area (Å²) in [6.07, 6.45) is 6.51. The van der Waals surface area contributed by atoms with E-state index in [9.17, 15) is 9.59 Å². The molecule has 0 aromatic carbocycles. The van der Waals surface area contributed by atoms with Crippen LogP contribution in [-0.2, 0) is 11.3 Å². The molecular weight excluding hydrogens is 348 g/mol. The summed E-state index contributed by atoms with van der Waals surface area (Å²) in [6, 6.07) is 0.970. The Hall–Kier alpha value is -2.00. The first-order valence-corrected chi connectivity index (χ1v) is 9.97. The molecule has 27 heavy (non-hydrogen) atoms. The molecule has 0 unspecified atom stereocenters. The van der Waals surface area contributed by atoms with Gasteiger partial charge in [-0.25, -0.2) is 0 Å². The number of hydrogen-bond acceptors (Lipinski definition) is 7. The second-order valence-electron chi connectivity index (χ2n) is 8.00. The van der Waals surface area contributed by atoms with Gasteiger partial charge in [0, 0.05) is 31.7 Å². The van der Waals surface area contributed by atoms with E-state index in [4.69, 9.17) is 10.3 Å². The Morgan fingerprint density at radius 2 is 1.93 bits per heavy atom. The maximum Gasteiger partial charge on any atom is 0.290 e. The van der Waals surface area contributed by atoms with Crippen molar-refractivity contribution >= 4 is 11.8 Å². The minimum Gasteiger partial charge on any atom is -0.363 e. The molecule has 1 atom stereocenters. The van der Waals surface area contributed by atoms with Crippen molar-refractivity contribution in [2.75, 3.05) is 26.2 Å². The maximum atomic E-state index is 12.4. The van der Waals surface area contributed by atoms with Gasteiger partial charge in [0.25, 0.3) is 11.7 Å². The van der Waals surface area contributed by atoms with Gasteiger partial charge >= 0.3 is 0 Å². The van der Waals surface area contributed by atoms with Crippen LogP contribution < -0.4 is 11.1 Å². The Labute approximate surface area is 158 Å². The number of piperidine rings is 2. The van der Waals surface area contributed by atoms with E-state index in [0.717, 1.165) is 64.7 Å². The van der Waals surface area contributed by atoms with Gasteiger partial charge in [0.1, 0.15) is 0 Å². The second-order valence-corrected chi connectivity index (χ2v) is 8.00. The molecule has 9 nitrogen and oxygen atoms in total. The molecule has 1 aromatic rings. The molecular formula is C18H28N6O3. The van der Waals surface area contributed by atoms with E-state index in [1.807, 2.05) is 0 Å². The third kappa shape index (κ3) is 4.65. The van der Waals surface area contributed by atoms with E-state index in [0.29, 0.717) is 24.5 Å². The smallest absolute Gasteiger partial charge is 0.290 e. The Morgan fingerprint density at radius 3 is 2.59 bits per heavy atom. The minimum atomic E-state index is -0.672. The van der Waals surface area contributed by atoms with Crippen LogP contribution in [0.4, 0.5) is 0 Å². The van der Waals surface area contributed by atoms with E-state index in [1.165, 1.54) is 0 Å². The van der Waals surface area contributed by atoms with Crippen molar-refractivity contribution in [2.45, 2.75) is 57.2 Å². The van der Waals surface area contributed by atoms with E-state index in [2.05, 4.69) is 25.3 Å². The van der Waals surface area contributed by atoms with Crippen LogP contribution in [0.1, 0.15) is 55.0 Å². The number of nitrogens with two attached hydrogens (primary N) is 1. The van der Waals surface area contributed by atoms with Crippen molar-refractivity contribution in [3.05, 3.63) is 11.7 Å². The molecule has 2 amide bonds. The lowest BCUT2D eigenvalue weighted by molar-refractivity contribution is -0.127. The van der Waals surface area contributed by atoms with Crippen LogP contribution in [0.15, 0.2) is 4.52 Å². The summed E-state index contributed by atoms with van der Waals surface area (Å²) in [5, 5.41) is 6.75. The zero-order chi connectivity index (χ0) is 18.8. The Morgan fingerprint density at radius 1 is 1.15 bits per heavy atom. The normalized spacial score (nSPS) is 25.4. The van der Waals surface area contributed by atoms with E-state index in [1.54, 1.807) is 0 Å².